The van der Waals surface area contributed by atoms with Gasteiger partial charge in [-0.25, -0.2) is 4.98 Å². The first-order chi connectivity index (χ1) is 9.02. The van der Waals surface area contributed by atoms with Crippen molar-refractivity contribution in [1.29, 1.82) is 0 Å². The molecule has 2 rings (SSSR count). The molecule has 2 aromatic rings. The molecule has 19 heavy (non-hydrogen) atoms. The largest absolute Gasteiger partial charge is 0.481 e. The van der Waals surface area contributed by atoms with Crippen molar-refractivity contribution in [3.63, 3.8) is 0 Å². The Bertz CT molecular complexity index is 607. The van der Waals surface area contributed by atoms with E-state index in [0.29, 0.717) is 11.4 Å². The molecule has 0 saturated heterocycles. The summed E-state index contributed by atoms with van der Waals surface area (Å²) >= 11 is 5.98. The topological polar surface area (TPSA) is 55.1 Å². The second-order valence-corrected chi connectivity index (χ2v) is 5.12. The molecule has 0 aliphatic carbocycles. The third kappa shape index (κ3) is 2.89. The highest BCUT2D eigenvalue weighted by molar-refractivity contribution is 6.31. The molecule has 4 nitrogen and oxygen atoms in total. The molecule has 1 N–H and O–H groups in total. The van der Waals surface area contributed by atoms with Crippen LogP contribution >= 0.6 is 11.6 Å². The Labute approximate surface area is 117 Å². The summed E-state index contributed by atoms with van der Waals surface area (Å²) < 4.78 is 2.12. The van der Waals surface area contributed by atoms with Crippen LogP contribution in [-0.4, -0.2) is 20.6 Å². The van der Waals surface area contributed by atoms with Crippen LogP contribution in [0.2, 0.25) is 5.02 Å². The van der Waals surface area contributed by atoms with Crippen LogP contribution in [0.3, 0.4) is 0 Å². The number of fused-ring (bicyclic) bond motifs is 1. The quantitative estimate of drug-likeness (QED) is 0.909. The van der Waals surface area contributed by atoms with E-state index < -0.39 is 5.97 Å². The van der Waals surface area contributed by atoms with Gasteiger partial charge in [0.05, 0.1) is 17.5 Å². The lowest BCUT2D eigenvalue weighted by Gasteiger charge is -2.15. The predicted molar refractivity (Wildman–Crippen MR) is 75.7 cm³/mol. The van der Waals surface area contributed by atoms with Gasteiger partial charge in [-0.15, -0.1) is 0 Å². The van der Waals surface area contributed by atoms with E-state index >= 15 is 0 Å². The molecule has 102 valence electrons. The molecular weight excluding hydrogens is 264 g/mol. The number of carbonyl (C=O) groups is 1. The summed E-state index contributed by atoms with van der Waals surface area (Å²) in [6.07, 6.45) is 1.49. The molecular formula is C14H17ClN2O2. The highest BCUT2D eigenvalue weighted by Gasteiger charge is 2.15. The summed E-state index contributed by atoms with van der Waals surface area (Å²) in [6, 6.07) is 5.89. The second kappa shape index (κ2) is 5.61. The monoisotopic (exact) mass is 280 g/mol. The fourth-order valence-corrected chi connectivity index (χ4v) is 2.36. The van der Waals surface area contributed by atoms with Crippen LogP contribution < -0.4 is 0 Å². The Morgan fingerprint density at radius 2 is 2.26 bits per heavy atom. The Balaban J connectivity index is 2.50. The van der Waals surface area contributed by atoms with Crippen molar-refractivity contribution in [3.8, 4) is 0 Å². The number of hydrogen-bond donors (Lipinski definition) is 1. The van der Waals surface area contributed by atoms with Gasteiger partial charge in [0.1, 0.15) is 5.82 Å². The van der Waals surface area contributed by atoms with Gasteiger partial charge < -0.3 is 9.67 Å². The first kappa shape index (κ1) is 13.9. The molecule has 1 heterocycles. The van der Waals surface area contributed by atoms with Crippen molar-refractivity contribution >= 4 is 28.6 Å². The smallest absolute Gasteiger partial charge is 0.303 e. The Hall–Kier alpha value is -1.55. The van der Waals surface area contributed by atoms with E-state index in [1.165, 1.54) is 0 Å². The second-order valence-electron chi connectivity index (χ2n) is 4.68. The van der Waals surface area contributed by atoms with E-state index in [9.17, 15) is 4.79 Å². The van der Waals surface area contributed by atoms with E-state index in [2.05, 4.69) is 23.4 Å². The molecule has 0 saturated carbocycles. The SMILES string of the molecule is CCC(C)n1c(CCC(=O)O)nc2cc(Cl)ccc21. The molecule has 0 fully saturated rings. The molecule has 1 aromatic heterocycles. The third-order valence-electron chi connectivity index (χ3n) is 3.32. The van der Waals surface area contributed by atoms with Crippen LogP contribution in [0.1, 0.15) is 38.6 Å². The van der Waals surface area contributed by atoms with Gasteiger partial charge in [-0.2, -0.15) is 0 Å². The maximum Gasteiger partial charge on any atom is 0.303 e. The number of carboxylic acids is 1. The number of imidazole rings is 1. The zero-order chi connectivity index (χ0) is 14.0. The van der Waals surface area contributed by atoms with Gasteiger partial charge in [-0.05, 0) is 31.5 Å². The van der Waals surface area contributed by atoms with Gasteiger partial charge in [-0.1, -0.05) is 18.5 Å². The zero-order valence-electron chi connectivity index (χ0n) is 11.1. The van der Waals surface area contributed by atoms with Crippen LogP contribution in [0.5, 0.6) is 0 Å². The first-order valence-electron chi connectivity index (χ1n) is 6.41. The van der Waals surface area contributed by atoms with Crippen molar-refractivity contribution in [1.82, 2.24) is 9.55 Å². The minimum Gasteiger partial charge on any atom is -0.481 e. The number of benzene rings is 1. The molecule has 0 spiro atoms. The molecule has 1 atom stereocenters. The number of rotatable bonds is 5. The van der Waals surface area contributed by atoms with Crippen LogP contribution in [0.25, 0.3) is 11.0 Å². The summed E-state index contributed by atoms with van der Waals surface area (Å²) in [6.45, 7) is 4.22. The molecule has 0 aliphatic heterocycles. The first-order valence-corrected chi connectivity index (χ1v) is 6.79. The number of aryl methyl sites for hydroxylation is 1. The van der Waals surface area contributed by atoms with Crippen molar-refractivity contribution in [2.24, 2.45) is 0 Å². The molecule has 0 bridgehead atoms. The predicted octanol–water partition coefficient (Wildman–Crippen LogP) is 3.68. The number of hydrogen-bond acceptors (Lipinski definition) is 2. The van der Waals surface area contributed by atoms with Gasteiger partial charge in [0.25, 0.3) is 0 Å². The van der Waals surface area contributed by atoms with Crippen molar-refractivity contribution in [3.05, 3.63) is 29.0 Å². The van der Waals surface area contributed by atoms with Crippen LogP contribution in [0.15, 0.2) is 18.2 Å². The number of halogens is 1. The maximum atomic E-state index is 10.7. The molecule has 0 amide bonds. The van der Waals surface area contributed by atoms with Crippen molar-refractivity contribution in [2.75, 3.05) is 0 Å². The van der Waals surface area contributed by atoms with E-state index in [1.54, 1.807) is 0 Å². The lowest BCUT2D eigenvalue weighted by molar-refractivity contribution is -0.137. The molecule has 5 heteroatoms. The average molecular weight is 281 g/mol. The van der Waals surface area contributed by atoms with E-state index in [-0.39, 0.29) is 12.5 Å². The van der Waals surface area contributed by atoms with Crippen LogP contribution in [0, 0.1) is 0 Å². The Morgan fingerprint density at radius 3 is 2.89 bits per heavy atom. The summed E-state index contributed by atoms with van der Waals surface area (Å²) in [7, 11) is 0. The van der Waals surface area contributed by atoms with Gasteiger partial charge in [0.15, 0.2) is 0 Å². The minimum absolute atomic E-state index is 0.0908. The fourth-order valence-electron chi connectivity index (χ4n) is 2.19. The summed E-state index contributed by atoms with van der Waals surface area (Å²) in [5.41, 5.74) is 1.84. The lowest BCUT2D eigenvalue weighted by atomic mass is 10.2. The van der Waals surface area contributed by atoms with E-state index in [1.807, 2.05) is 18.2 Å². The van der Waals surface area contributed by atoms with Gasteiger partial charge in [0.2, 0.25) is 0 Å². The Morgan fingerprint density at radius 1 is 1.53 bits per heavy atom. The standard InChI is InChI=1S/C14H17ClN2O2/c1-3-9(2)17-12-5-4-10(15)8-11(12)16-13(17)6-7-14(18)19/h4-5,8-9H,3,6-7H2,1-2H3,(H,18,19). The zero-order valence-corrected chi connectivity index (χ0v) is 11.8. The Kier molecular flexibility index (Phi) is 4.10. The third-order valence-corrected chi connectivity index (χ3v) is 3.55. The number of aliphatic carboxylic acids is 1. The van der Waals surface area contributed by atoms with E-state index in [4.69, 9.17) is 16.7 Å². The van der Waals surface area contributed by atoms with Crippen LogP contribution in [-0.2, 0) is 11.2 Å². The van der Waals surface area contributed by atoms with Gasteiger partial charge >= 0.3 is 5.97 Å². The van der Waals surface area contributed by atoms with Crippen molar-refractivity contribution in [2.45, 2.75) is 39.2 Å². The maximum absolute atomic E-state index is 10.7. The summed E-state index contributed by atoms with van der Waals surface area (Å²) in [5.74, 6) is 0.00908. The average Bonchev–Trinajstić information content (AvgIpc) is 2.72. The summed E-state index contributed by atoms with van der Waals surface area (Å²) in [4.78, 5) is 15.3. The molecule has 1 unspecified atom stereocenters. The normalized spacial score (nSPS) is 12.8. The number of carboxylic acid groups (broad SMARTS) is 1. The summed E-state index contributed by atoms with van der Waals surface area (Å²) in [5, 5.41) is 9.47. The molecule has 0 aliphatic rings. The lowest BCUT2D eigenvalue weighted by Crippen LogP contribution is -2.10. The van der Waals surface area contributed by atoms with E-state index in [0.717, 1.165) is 23.3 Å². The number of nitrogens with zero attached hydrogens (tertiary/aromatic N) is 2. The van der Waals surface area contributed by atoms with Crippen molar-refractivity contribution < 1.29 is 9.90 Å². The van der Waals surface area contributed by atoms with Gasteiger partial charge in [0, 0.05) is 17.5 Å². The number of aromatic nitrogens is 2. The van der Waals surface area contributed by atoms with Gasteiger partial charge in [-0.3, -0.25) is 4.79 Å². The fraction of sp³-hybridized carbons (Fsp3) is 0.429. The minimum atomic E-state index is -0.805. The highest BCUT2D eigenvalue weighted by atomic mass is 35.5. The molecule has 1 aromatic carbocycles. The highest BCUT2D eigenvalue weighted by Crippen LogP contribution is 2.26. The van der Waals surface area contributed by atoms with Crippen LogP contribution in [0.4, 0.5) is 0 Å². The molecule has 0 radical (unpaired) electrons.